The summed E-state index contributed by atoms with van der Waals surface area (Å²) < 4.78 is 4.99. The van der Waals surface area contributed by atoms with Crippen LogP contribution in [-0.2, 0) is 4.74 Å². The lowest BCUT2D eigenvalue weighted by Gasteiger charge is -2.27. The van der Waals surface area contributed by atoms with E-state index in [0.29, 0.717) is 36.5 Å². The first-order valence-electron chi connectivity index (χ1n) is 9.11. The molecule has 0 atom stereocenters. The maximum absolute atomic E-state index is 11.8. The zero-order valence-electron chi connectivity index (χ0n) is 15.1. The molecule has 9 nitrogen and oxygen atoms in total. The van der Waals surface area contributed by atoms with Crippen molar-refractivity contribution in [1.29, 1.82) is 0 Å². The Morgan fingerprint density at radius 1 is 1.21 bits per heavy atom. The topological polar surface area (TPSA) is 118 Å². The highest BCUT2D eigenvalue weighted by atomic mass is 16.6. The fourth-order valence-electron chi connectivity index (χ4n) is 3.39. The number of ether oxygens (including phenoxy) is 1. The van der Waals surface area contributed by atoms with Crippen molar-refractivity contribution in [2.45, 2.75) is 5.92 Å². The van der Waals surface area contributed by atoms with E-state index in [1.165, 1.54) is 10.5 Å². The third-order valence-corrected chi connectivity index (χ3v) is 5.06. The Morgan fingerprint density at radius 3 is 2.82 bits per heavy atom. The van der Waals surface area contributed by atoms with E-state index in [1.807, 2.05) is 24.3 Å². The molecule has 5 rings (SSSR count). The Labute approximate surface area is 160 Å². The van der Waals surface area contributed by atoms with Gasteiger partial charge in [-0.3, -0.25) is 4.90 Å². The molecule has 4 N–H and O–H groups in total. The maximum atomic E-state index is 11.8. The Hall–Kier alpha value is -3.46. The lowest BCUT2D eigenvalue weighted by molar-refractivity contribution is 0.181. The number of fused-ring (bicyclic) bond motifs is 1. The first kappa shape index (κ1) is 16.7. The van der Waals surface area contributed by atoms with Crippen LogP contribution in [0.4, 0.5) is 28.1 Å². The van der Waals surface area contributed by atoms with Crippen LogP contribution in [0.1, 0.15) is 11.5 Å². The van der Waals surface area contributed by atoms with Gasteiger partial charge in [-0.25, -0.2) is 19.7 Å². The van der Waals surface area contributed by atoms with E-state index >= 15 is 0 Å². The van der Waals surface area contributed by atoms with E-state index in [-0.39, 0.29) is 0 Å². The Morgan fingerprint density at radius 2 is 2.07 bits per heavy atom. The molecule has 1 amide bonds. The molecule has 0 aromatic carbocycles. The van der Waals surface area contributed by atoms with Gasteiger partial charge in [-0.15, -0.1) is 0 Å². The highest BCUT2D eigenvalue weighted by molar-refractivity contribution is 5.97. The third-order valence-electron chi connectivity index (χ3n) is 5.06. The SMILES string of the molecule is Nc1nc(N2CCOC2=O)cc2cc(Nc3cc(C4CNC4)ccn3)ncc12. The second-order valence-corrected chi connectivity index (χ2v) is 6.88. The van der Waals surface area contributed by atoms with Crippen molar-refractivity contribution in [1.82, 2.24) is 20.3 Å². The molecule has 2 aliphatic rings. The van der Waals surface area contributed by atoms with Crippen molar-refractivity contribution >= 4 is 40.1 Å². The number of rotatable bonds is 4. The third kappa shape index (κ3) is 2.95. The van der Waals surface area contributed by atoms with Crippen LogP contribution in [0.2, 0.25) is 0 Å². The van der Waals surface area contributed by atoms with Crippen LogP contribution in [0.3, 0.4) is 0 Å². The average Bonchev–Trinajstić information content (AvgIpc) is 3.06. The molecule has 0 unspecified atom stereocenters. The van der Waals surface area contributed by atoms with Gasteiger partial charge in [0.05, 0.1) is 6.54 Å². The minimum Gasteiger partial charge on any atom is -0.447 e. The van der Waals surface area contributed by atoms with Crippen LogP contribution in [0.5, 0.6) is 0 Å². The number of amides is 1. The summed E-state index contributed by atoms with van der Waals surface area (Å²) in [6.07, 6.45) is 3.06. The number of anilines is 4. The fraction of sp³-hybridized carbons (Fsp3) is 0.263. The summed E-state index contributed by atoms with van der Waals surface area (Å²) in [5.74, 6) is 2.71. The number of aromatic nitrogens is 3. The predicted molar refractivity (Wildman–Crippen MR) is 106 cm³/mol. The minimum absolute atomic E-state index is 0.323. The molecule has 0 bridgehead atoms. The van der Waals surface area contributed by atoms with Crippen LogP contribution < -0.4 is 21.3 Å². The molecule has 9 heteroatoms. The standard InChI is InChI=1S/C19H19N7O2/c20-18-14-10-23-16(24-15-5-11(1-2-22-15)13-8-21-9-13)6-12(14)7-17(25-18)26-3-4-28-19(26)27/h1-2,5-7,10,13,21H,3-4,8-9H2,(H2,20,25)(H,22,23,24). The van der Waals surface area contributed by atoms with Crippen molar-refractivity contribution in [3.63, 3.8) is 0 Å². The number of nitrogens with two attached hydrogens (primary N) is 1. The van der Waals surface area contributed by atoms with Crippen LogP contribution in [0.25, 0.3) is 10.8 Å². The summed E-state index contributed by atoms with van der Waals surface area (Å²) in [4.78, 5) is 26.4. The van der Waals surface area contributed by atoms with Gasteiger partial charge >= 0.3 is 6.09 Å². The summed E-state index contributed by atoms with van der Waals surface area (Å²) in [5, 5.41) is 8.08. The van der Waals surface area contributed by atoms with Gasteiger partial charge in [0.25, 0.3) is 0 Å². The van der Waals surface area contributed by atoms with Crippen LogP contribution >= 0.6 is 0 Å². The van der Waals surface area contributed by atoms with E-state index in [2.05, 4.69) is 25.6 Å². The summed E-state index contributed by atoms with van der Waals surface area (Å²) in [6.45, 7) is 2.79. The lowest BCUT2D eigenvalue weighted by Crippen LogP contribution is -2.39. The molecule has 3 aromatic heterocycles. The molecule has 0 spiro atoms. The molecule has 2 aliphatic heterocycles. The second-order valence-electron chi connectivity index (χ2n) is 6.88. The van der Waals surface area contributed by atoms with Gasteiger partial charge in [-0.05, 0) is 35.2 Å². The van der Waals surface area contributed by atoms with Crippen LogP contribution in [0.15, 0.2) is 36.7 Å². The van der Waals surface area contributed by atoms with E-state index in [4.69, 9.17) is 10.5 Å². The number of nitrogens with one attached hydrogen (secondary N) is 2. The molecule has 0 radical (unpaired) electrons. The number of nitrogen functional groups attached to an aromatic ring is 1. The zero-order valence-corrected chi connectivity index (χ0v) is 15.1. The number of pyridine rings is 3. The maximum Gasteiger partial charge on any atom is 0.415 e. The molecular weight excluding hydrogens is 358 g/mol. The van der Waals surface area contributed by atoms with E-state index < -0.39 is 6.09 Å². The number of nitrogens with zero attached hydrogens (tertiary/aromatic N) is 4. The van der Waals surface area contributed by atoms with Crippen molar-refractivity contribution < 1.29 is 9.53 Å². The normalized spacial score (nSPS) is 16.9. The summed E-state index contributed by atoms with van der Waals surface area (Å²) >= 11 is 0. The average molecular weight is 377 g/mol. The molecule has 142 valence electrons. The Bertz CT molecular complexity index is 1070. The van der Waals surface area contributed by atoms with Crippen LogP contribution in [-0.4, -0.2) is 47.3 Å². The largest absolute Gasteiger partial charge is 0.447 e. The van der Waals surface area contributed by atoms with Gasteiger partial charge in [0, 0.05) is 36.8 Å². The number of cyclic esters (lactones) is 1. The van der Waals surface area contributed by atoms with Gasteiger partial charge in [0.1, 0.15) is 29.9 Å². The highest BCUT2D eigenvalue weighted by Crippen LogP contribution is 2.28. The van der Waals surface area contributed by atoms with Gasteiger partial charge in [0.2, 0.25) is 0 Å². The van der Waals surface area contributed by atoms with Gasteiger partial charge in [0.15, 0.2) is 0 Å². The smallest absolute Gasteiger partial charge is 0.415 e. The Balaban J connectivity index is 1.46. The number of carbonyl (C=O) groups is 1. The van der Waals surface area contributed by atoms with Crippen molar-refractivity contribution in [2.24, 2.45) is 0 Å². The van der Waals surface area contributed by atoms with E-state index in [9.17, 15) is 4.79 Å². The monoisotopic (exact) mass is 377 g/mol. The lowest BCUT2D eigenvalue weighted by atomic mass is 9.95. The molecule has 3 aromatic rings. The van der Waals surface area contributed by atoms with Crippen molar-refractivity contribution in [3.8, 4) is 0 Å². The molecule has 0 saturated carbocycles. The Kier molecular flexibility index (Phi) is 3.94. The van der Waals surface area contributed by atoms with Crippen LogP contribution in [0, 0.1) is 0 Å². The summed E-state index contributed by atoms with van der Waals surface area (Å²) in [7, 11) is 0. The number of hydrogen-bond donors (Lipinski definition) is 3. The number of carbonyl (C=O) groups excluding carboxylic acids is 1. The van der Waals surface area contributed by atoms with E-state index in [0.717, 1.165) is 29.7 Å². The predicted octanol–water partition coefficient (Wildman–Crippen LogP) is 1.99. The molecule has 2 saturated heterocycles. The summed E-state index contributed by atoms with van der Waals surface area (Å²) in [5.41, 5.74) is 7.33. The quantitative estimate of drug-likeness (QED) is 0.632. The molecule has 0 aliphatic carbocycles. The molecule has 2 fully saturated rings. The summed E-state index contributed by atoms with van der Waals surface area (Å²) in [6, 6.07) is 7.77. The minimum atomic E-state index is -0.412. The zero-order chi connectivity index (χ0) is 19.1. The van der Waals surface area contributed by atoms with Crippen molar-refractivity contribution in [2.75, 3.05) is 42.2 Å². The fourth-order valence-corrected chi connectivity index (χ4v) is 3.39. The van der Waals surface area contributed by atoms with Gasteiger partial charge < -0.3 is 21.1 Å². The van der Waals surface area contributed by atoms with E-state index in [1.54, 1.807) is 12.4 Å². The first-order chi connectivity index (χ1) is 13.7. The number of hydrogen-bond acceptors (Lipinski definition) is 8. The van der Waals surface area contributed by atoms with Crippen molar-refractivity contribution in [3.05, 3.63) is 42.2 Å². The first-order valence-corrected chi connectivity index (χ1v) is 9.11. The second kappa shape index (κ2) is 6.61. The molecular formula is C19H19N7O2. The highest BCUT2D eigenvalue weighted by Gasteiger charge is 2.25. The van der Waals surface area contributed by atoms with Gasteiger partial charge in [-0.1, -0.05) is 0 Å². The van der Waals surface area contributed by atoms with Gasteiger partial charge in [-0.2, -0.15) is 0 Å². The molecule has 5 heterocycles. The molecule has 28 heavy (non-hydrogen) atoms.